The number of hydrogen-bond donors (Lipinski definition) is 1. The summed E-state index contributed by atoms with van der Waals surface area (Å²) in [6.45, 7) is 6.12. The van der Waals surface area contributed by atoms with E-state index in [0.29, 0.717) is 29.9 Å². The molecule has 0 aliphatic rings. The molecule has 1 heterocycles. The third kappa shape index (κ3) is 4.84. The number of carbonyl (C=O) groups is 1. The number of rotatable bonds is 8. The van der Waals surface area contributed by atoms with Gasteiger partial charge < -0.3 is 5.32 Å². The highest BCUT2D eigenvalue weighted by molar-refractivity contribution is 7.98. The van der Waals surface area contributed by atoms with Crippen LogP contribution in [0.3, 0.4) is 0 Å². The molecule has 3 rings (SSSR count). The van der Waals surface area contributed by atoms with Gasteiger partial charge in [0.15, 0.2) is 5.16 Å². The van der Waals surface area contributed by atoms with Gasteiger partial charge in [-0.15, -0.1) is 0 Å². The van der Waals surface area contributed by atoms with E-state index in [1.807, 2.05) is 23.1 Å². The van der Waals surface area contributed by atoms with Gasteiger partial charge in [0.25, 0.3) is 5.91 Å². The molecular weight excluding hydrogens is 432 g/mol. The van der Waals surface area contributed by atoms with Crippen LogP contribution in [0.1, 0.15) is 29.8 Å². The minimum absolute atomic E-state index is 0.200. The van der Waals surface area contributed by atoms with E-state index >= 15 is 0 Å². The lowest BCUT2D eigenvalue weighted by molar-refractivity contribution is 0.102. The van der Waals surface area contributed by atoms with Gasteiger partial charge in [-0.1, -0.05) is 37.7 Å². The molecule has 0 spiro atoms. The Labute approximate surface area is 187 Å². The Morgan fingerprint density at radius 1 is 1.16 bits per heavy atom. The number of imidazole rings is 1. The van der Waals surface area contributed by atoms with Crippen molar-refractivity contribution in [2.24, 2.45) is 0 Å². The molecule has 1 aromatic heterocycles. The van der Waals surface area contributed by atoms with Gasteiger partial charge in [-0.2, -0.15) is 4.31 Å². The predicted molar refractivity (Wildman–Crippen MR) is 125 cm³/mol. The molecule has 0 aliphatic carbocycles. The van der Waals surface area contributed by atoms with Crippen LogP contribution in [-0.2, 0) is 10.0 Å². The van der Waals surface area contributed by atoms with Crippen molar-refractivity contribution in [3.8, 4) is 5.69 Å². The van der Waals surface area contributed by atoms with Crippen molar-refractivity contribution < 1.29 is 13.2 Å². The van der Waals surface area contributed by atoms with Crippen molar-refractivity contribution in [1.82, 2.24) is 13.9 Å². The van der Waals surface area contributed by atoms with Crippen LogP contribution in [0.25, 0.3) is 5.69 Å². The van der Waals surface area contributed by atoms with E-state index in [1.54, 1.807) is 57.3 Å². The van der Waals surface area contributed by atoms with Gasteiger partial charge >= 0.3 is 0 Å². The average molecular weight is 459 g/mol. The molecule has 0 bridgehead atoms. The van der Waals surface area contributed by atoms with Crippen molar-refractivity contribution in [3.05, 3.63) is 66.0 Å². The number of anilines is 1. The van der Waals surface area contributed by atoms with Gasteiger partial charge in [0.05, 0.1) is 4.90 Å². The second kappa shape index (κ2) is 9.67. The molecule has 2 aromatic carbocycles. The lowest BCUT2D eigenvalue weighted by Crippen LogP contribution is -2.31. The summed E-state index contributed by atoms with van der Waals surface area (Å²) < 4.78 is 29.2. The topological polar surface area (TPSA) is 84.3 Å². The number of hydrogen-bond acceptors (Lipinski definition) is 5. The van der Waals surface area contributed by atoms with E-state index in [2.05, 4.69) is 10.3 Å². The first-order chi connectivity index (χ1) is 14.8. The molecule has 3 aromatic rings. The van der Waals surface area contributed by atoms with Crippen LogP contribution < -0.4 is 5.32 Å². The molecule has 1 amide bonds. The fraction of sp³-hybridized carbons (Fsp3) is 0.273. The highest BCUT2D eigenvalue weighted by Gasteiger charge is 2.24. The van der Waals surface area contributed by atoms with Crippen molar-refractivity contribution in [3.63, 3.8) is 0 Å². The largest absolute Gasteiger partial charge is 0.322 e. The number of benzene rings is 2. The van der Waals surface area contributed by atoms with E-state index in [4.69, 9.17) is 0 Å². The molecule has 0 unspecified atom stereocenters. The van der Waals surface area contributed by atoms with Gasteiger partial charge in [-0.3, -0.25) is 9.36 Å². The second-order valence-electron chi connectivity index (χ2n) is 6.86. The van der Waals surface area contributed by atoms with Crippen molar-refractivity contribution in [2.45, 2.75) is 30.8 Å². The molecule has 0 fully saturated rings. The van der Waals surface area contributed by atoms with Crippen LogP contribution in [0.2, 0.25) is 0 Å². The maximum Gasteiger partial charge on any atom is 0.255 e. The molecule has 0 atom stereocenters. The summed E-state index contributed by atoms with van der Waals surface area (Å²) in [5.74, 6) is -0.317. The Morgan fingerprint density at radius 3 is 2.58 bits per heavy atom. The normalized spacial score (nSPS) is 11.6. The maximum absolute atomic E-state index is 13.0. The average Bonchev–Trinajstić information content (AvgIpc) is 3.24. The van der Waals surface area contributed by atoms with Gasteiger partial charge in [0, 0.05) is 42.4 Å². The van der Waals surface area contributed by atoms with E-state index in [9.17, 15) is 13.2 Å². The third-order valence-corrected chi connectivity index (χ3v) is 7.80. The number of carbonyl (C=O) groups excluding carboxylic acids is 1. The quantitative estimate of drug-likeness (QED) is 0.512. The number of nitrogens with one attached hydrogen (secondary N) is 1. The Morgan fingerprint density at radius 2 is 1.90 bits per heavy atom. The lowest BCUT2D eigenvalue weighted by atomic mass is 10.1. The van der Waals surface area contributed by atoms with E-state index < -0.39 is 10.0 Å². The molecule has 31 heavy (non-hydrogen) atoms. The first-order valence-electron chi connectivity index (χ1n) is 9.91. The zero-order valence-electron chi connectivity index (χ0n) is 18.0. The molecule has 1 N–H and O–H groups in total. The summed E-state index contributed by atoms with van der Waals surface area (Å²) in [7, 11) is -3.63. The number of aryl methyl sites for hydroxylation is 1. The predicted octanol–water partition coefficient (Wildman–Crippen LogP) is 4.19. The highest BCUT2D eigenvalue weighted by atomic mass is 32.2. The fourth-order valence-corrected chi connectivity index (χ4v) is 5.53. The van der Waals surface area contributed by atoms with Crippen molar-refractivity contribution >= 4 is 33.4 Å². The molecule has 0 saturated heterocycles. The SMILES string of the molecule is CCN(CC)S(=O)(=O)c1cc(NC(=O)c2cccc(-n3ccnc3SC)c2)ccc1C. The summed E-state index contributed by atoms with van der Waals surface area (Å²) >= 11 is 1.52. The molecule has 0 aliphatic heterocycles. The van der Waals surface area contributed by atoms with Gasteiger partial charge in [-0.05, 0) is 49.1 Å². The standard InChI is InChI=1S/C22H26N4O3S2/c1-5-25(6-2)31(28,29)20-15-18(11-10-16(20)3)24-21(27)17-8-7-9-19(14-17)26-13-12-23-22(26)30-4/h7-15H,5-6H2,1-4H3,(H,24,27). The molecular formula is C22H26N4O3S2. The van der Waals surface area contributed by atoms with Crippen LogP contribution in [0, 0.1) is 6.92 Å². The smallest absolute Gasteiger partial charge is 0.255 e. The van der Waals surface area contributed by atoms with Crippen molar-refractivity contribution in [2.75, 3.05) is 24.7 Å². The first kappa shape index (κ1) is 23.1. The number of nitrogens with zero attached hydrogens (tertiary/aromatic N) is 3. The summed E-state index contributed by atoms with van der Waals surface area (Å²) in [6.07, 6.45) is 5.49. The third-order valence-electron chi connectivity index (χ3n) is 4.95. The zero-order valence-corrected chi connectivity index (χ0v) is 19.6. The Bertz CT molecular complexity index is 1180. The minimum Gasteiger partial charge on any atom is -0.322 e. The van der Waals surface area contributed by atoms with Crippen LogP contribution in [0.4, 0.5) is 5.69 Å². The Hall–Kier alpha value is -2.62. The summed E-state index contributed by atoms with van der Waals surface area (Å²) in [6, 6.07) is 12.1. The number of sulfonamides is 1. The summed E-state index contributed by atoms with van der Waals surface area (Å²) in [5, 5.41) is 3.64. The molecule has 164 valence electrons. The zero-order chi connectivity index (χ0) is 22.6. The van der Waals surface area contributed by atoms with Crippen molar-refractivity contribution in [1.29, 1.82) is 0 Å². The molecule has 0 radical (unpaired) electrons. The number of amides is 1. The van der Waals surface area contributed by atoms with E-state index in [0.717, 1.165) is 10.8 Å². The fourth-order valence-electron chi connectivity index (χ4n) is 3.30. The van der Waals surface area contributed by atoms with E-state index in [1.165, 1.54) is 22.1 Å². The summed E-state index contributed by atoms with van der Waals surface area (Å²) in [4.78, 5) is 17.4. The van der Waals surface area contributed by atoms with Gasteiger partial charge in [-0.25, -0.2) is 13.4 Å². The molecule has 0 saturated carbocycles. The second-order valence-corrected chi connectivity index (χ2v) is 9.54. The van der Waals surface area contributed by atoms with Gasteiger partial charge in [0.1, 0.15) is 0 Å². The molecule has 9 heteroatoms. The first-order valence-corrected chi connectivity index (χ1v) is 12.6. The highest BCUT2D eigenvalue weighted by Crippen LogP contribution is 2.24. The van der Waals surface area contributed by atoms with E-state index in [-0.39, 0.29) is 10.8 Å². The molecule has 7 nitrogen and oxygen atoms in total. The monoisotopic (exact) mass is 458 g/mol. The van der Waals surface area contributed by atoms with Crippen LogP contribution >= 0.6 is 11.8 Å². The van der Waals surface area contributed by atoms with Crippen LogP contribution in [-0.4, -0.2) is 47.5 Å². The minimum atomic E-state index is -3.63. The lowest BCUT2D eigenvalue weighted by Gasteiger charge is -2.20. The van der Waals surface area contributed by atoms with Gasteiger partial charge in [0.2, 0.25) is 10.0 Å². The van der Waals surface area contributed by atoms with Crippen LogP contribution in [0.15, 0.2) is 64.9 Å². The number of thioether (sulfide) groups is 1. The van der Waals surface area contributed by atoms with Crippen LogP contribution in [0.5, 0.6) is 0 Å². The summed E-state index contributed by atoms with van der Waals surface area (Å²) in [5.41, 5.74) is 2.35. The Balaban J connectivity index is 1.89. The Kier molecular flexibility index (Phi) is 7.19. The number of aromatic nitrogens is 2. The maximum atomic E-state index is 13.0.